The van der Waals surface area contributed by atoms with Crippen molar-refractivity contribution in [3.8, 4) is 0 Å². The monoisotopic (exact) mass is 318 g/mol. The molecular formula is C11H18N4O5S. The van der Waals surface area contributed by atoms with Gasteiger partial charge in [-0.05, 0) is 0 Å². The van der Waals surface area contributed by atoms with E-state index in [9.17, 15) is 18.0 Å². The number of carboxylic acid groups (broad SMARTS) is 1. The molecule has 1 amide bonds. The summed E-state index contributed by atoms with van der Waals surface area (Å²) in [6.45, 7) is 1.55. The largest absolute Gasteiger partial charge is 0.481 e. The van der Waals surface area contributed by atoms with Gasteiger partial charge in [-0.25, -0.2) is 8.42 Å². The molecule has 0 unspecified atom stereocenters. The van der Waals surface area contributed by atoms with Crippen molar-refractivity contribution in [1.29, 1.82) is 0 Å². The Morgan fingerprint density at radius 2 is 2.14 bits per heavy atom. The number of hydrogen-bond donors (Lipinski definition) is 2. The maximum absolute atomic E-state index is 12.3. The summed E-state index contributed by atoms with van der Waals surface area (Å²) in [5.41, 5.74) is 0. The molecule has 1 aromatic rings. The van der Waals surface area contributed by atoms with E-state index in [0.717, 1.165) is 10.5 Å². The Bertz CT molecular complexity index is 610. The summed E-state index contributed by atoms with van der Waals surface area (Å²) < 4.78 is 26.9. The minimum atomic E-state index is -3.83. The zero-order chi connectivity index (χ0) is 16.0. The third-order valence-electron chi connectivity index (χ3n) is 2.75. The number of aromatic nitrogens is 2. The Labute approximate surface area is 122 Å². The number of nitrogens with zero attached hydrogens (tertiary/aromatic N) is 3. The minimum Gasteiger partial charge on any atom is -0.481 e. The number of nitrogens with one attached hydrogen (secondary N) is 1. The minimum absolute atomic E-state index is 0.0707. The predicted octanol–water partition coefficient (Wildman–Crippen LogP) is -0.886. The van der Waals surface area contributed by atoms with Gasteiger partial charge in [-0.2, -0.15) is 9.40 Å². The van der Waals surface area contributed by atoms with E-state index >= 15 is 0 Å². The second kappa shape index (κ2) is 7.18. The number of sulfonamides is 1. The lowest BCUT2D eigenvalue weighted by atomic mass is 10.4. The predicted molar refractivity (Wildman–Crippen MR) is 73.0 cm³/mol. The molecule has 0 saturated carbocycles. The second-order valence-electron chi connectivity index (χ2n) is 4.19. The summed E-state index contributed by atoms with van der Waals surface area (Å²) in [5, 5.41) is 14.8. The Balaban J connectivity index is 2.90. The molecule has 0 bridgehead atoms. The van der Waals surface area contributed by atoms with Crippen LogP contribution >= 0.6 is 0 Å². The Morgan fingerprint density at radius 1 is 1.48 bits per heavy atom. The van der Waals surface area contributed by atoms with E-state index < -0.39 is 21.9 Å². The van der Waals surface area contributed by atoms with Gasteiger partial charge >= 0.3 is 5.97 Å². The number of aryl methyl sites for hydroxylation is 1. The maximum Gasteiger partial charge on any atom is 0.305 e. The maximum atomic E-state index is 12.3. The van der Waals surface area contributed by atoms with Crippen LogP contribution in [0.25, 0.3) is 0 Å². The highest BCUT2D eigenvalue weighted by molar-refractivity contribution is 7.89. The van der Waals surface area contributed by atoms with Crippen LogP contribution < -0.4 is 5.32 Å². The molecule has 0 radical (unpaired) electrons. The van der Waals surface area contributed by atoms with E-state index in [0.29, 0.717) is 0 Å². The van der Waals surface area contributed by atoms with E-state index in [1.807, 2.05) is 0 Å². The molecule has 0 aliphatic carbocycles. The first-order chi connectivity index (χ1) is 9.81. The van der Waals surface area contributed by atoms with Gasteiger partial charge in [0.15, 0.2) is 0 Å². The quantitative estimate of drug-likeness (QED) is 0.641. The third-order valence-corrected chi connectivity index (χ3v) is 4.63. The molecule has 0 fully saturated rings. The summed E-state index contributed by atoms with van der Waals surface area (Å²) in [4.78, 5) is 21.7. The van der Waals surface area contributed by atoms with Crippen molar-refractivity contribution in [3.05, 3.63) is 12.4 Å². The highest BCUT2D eigenvalue weighted by Gasteiger charge is 2.26. The van der Waals surface area contributed by atoms with Gasteiger partial charge in [-0.1, -0.05) is 6.92 Å². The van der Waals surface area contributed by atoms with Crippen LogP contribution in [-0.2, 0) is 26.2 Å². The SMILES string of the molecule is CCN(CC(=O)NC)S(=O)(=O)c1cnn(CCC(=O)O)c1. The van der Waals surface area contributed by atoms with Crippen molar-refractivity contribution in [2.75, 3.05) is 20.1 Å². The van der Waals surface area contributed by atoms with Crippen molar-refractivity contribution in [2.45, 2.75) is 24.8 Å². The molecule has 1 aromatic heterocycles. The second-order valence-corrected chi connectivity index (χ2v) is 6.13. The smallest absolute Gasteiger partial charge is 0.305 e. The average Bonchev–Trinajstić information content (AvgIpc) is 2.91. The van der Waals surface area contributed by atoms with Gasteiger partial charge in [0, 0.05) is 19.8 Å². The fraction of sp³-hybridized carbons (Fsp3) is 0.545. The summed E-state index contributed by atoms with van der Waals surface area (Å²) in [6.07, 6.45) is 2.24. The summed E-state index contributed by atoms with van der Waals surface area (Å²) in [5.74, 6) is -1.41. The van der Waals surface area contributed by atoms with Crippen molar-refractivity contribution in [3.63, 3.8) is 0 Å². The fourth-order valence-corrected chi connectivity index (χ4v) is 2.93. The highest BCUT2D eigenvalue weighted by atomic mass is 32.2. The van der Waals surface area contributed by atoms with Gasteiger partial charge in [0.05, 0.1) is 25.7 Å². The molecule has 118 valence electrons. The molecule has 21 heavy (non-hydrogen) atoms. The van der Waals surface area contributed by atoms with Crippen LogP contribution in [0.1, 0.15) is 13.3 Å². The normalized spacial score (nSPS) is 11.6. The molecule has 0 spiro atoms. The molecule has 0 aliphatic heterocycles. The van der Waals surface area contributed by atoms with E-state index in [1.54, 1.807) is 6.92 Å². The van der Waals surface area contributed by atoms with Crippen LogP contribution in [0.4, 0.5) is 0 Å². The molecule has 0 saturated heterocycles. The zero-order valence-corrected chi connectivity index (χ0v) is 12.6. The molecule has 0 atom stereocenters. The van der Waals surface area contributed by atoms with Gasteiger partial charge in [0.25, 0.3) is 0 Å². The number of carbonyl (C=O) groups excluding carboxylic acids is 1. The molecular weight excluding hydrogens is 300 g/mol. The highest BCUT2D eigenvalue weighted by Crippen LogP contribution is 2.14. The fourth-order valence-electron chi connectivity index (χ4n) is 1.57. The summed E-state index contributed by atoms with van der Waals surface area (Å²) >= 11 is 0. The van der Waals surface area contributed by atoms with Crippen LogP contribution in [0, 0.1) is 0 Å². The first-order valence-corrected chi connectivity index (χ1v) is 7.70. The molecule has 0 aromatic carbocycles. The molecule has 1 rings (SSSR count). The molecule has 10 heteroatoms. The number of likely N-dealkylation sites (N-methyl/N-ethyl adjacent to an activating group) is 2. The van der Waals surface area contributed by atoms with Gasteiger partial charge in [-0.15, -0.1) is 0 Å². The third kappa shape index (κ3) is 4.53. The number of carbonyl (C=O) groups is 2. The van der Waals surface area contributed by atoms with Gasteiger partial charge < -0.3 is 10.4 Å². The number of rotatable bonds is 8. The van der Waals surface area contributed by atoms with Crippen molar-refractivity contribution < 1.29 is 23.1 Å². The van der Waals surface area contributed by atoms with Crippen molar-refractivity contribution >= 4 is 21.9 Å². The number of hydrogen-bond acceptors (Lipinski definition) is 5. The van der Waals surface area contributed by atoms with Crippen molar-refractivity contribution in [2.24, 2.45) is 0 Å². The first-order valence-electron chi connectivity index (χ1n) is 6.26. The van der Waals surface area contributed by atoms with Gasteiger partial charge in [0.2, 0.25) is 15.9 Å². The molecule has 0 aliphatic rings. The molecule has 9 nitrogen and oxygen atoms in total. The Hall–Kier alpha value is -1.94. The lowest BCUT2D eigenvalue weighted by Gasteiger charge is -2.18. The lowest BCUT2D eigenvalue weighted by molar-refractivity contribution is -0.137. The van der Waals surface area contributed by atoms with E-state index in [2.05, 4.69) is 10.4 Å². The van der Waals surface area contributed by atoms with Crippen LogP contribution in [0.2, 0.25) is 0 Å². The van der Waals surface area contributed by atoms with Crippen LogP contribution in [-0.4, -0.2) is 59.6 Å². The van der Waals surface area contributed by atoms with Gasteiger partial charge in [0.1, 0.15) is 4.90 Å². The van der Waals surface area contributed by atoms with E-state index in [4.69, 9.17) is 5.11 Å². The Kier molecular flexibility index (Phi) is 5.85. The number of amides is 1. The summed E-state index contributed by atoms with van der Waals surface area (Å²) in [7, 11) is -2.41. The van der Waals surface area contributed by atoms with Crippen LogP contribution in [0.5, 0.6) is 0 Å². The molecule has 2 N–H and O–H groups in total. The van der Waals surface area contributed by atoms with Crippen LogP contribution in [0.3, 0.4) is 0 Å². The summed E-state index contributed by atoms with van der Waals surface area (Å²) in [6, 6.07) is 0. The average molecular weight is 318 g/mol. The van der Waals surface area contributed by atoms with E-state index in [-0.39, 0.29) is 31.0 Å². The number of carboxylic acids is 1. The first kappa shape index (κ1) is 17.1. The lowest BCUT2D eigenvalue weighted by Crippen LogP contribution is -2.39. The standard InChI is InChI=1S/C11H18N4O5S/c1-3-15(8-10(16)12-2)21(19,20)9-6-13-14(7-9)5-4-11(17)18/h6-7H,3-5,8H2,1-2H3,(H,12,16)(H,17,18). The number of aliphatic carboxylic acids is 1. The zero-order valence-electron chi connectivity index (χ0n) is 11.8. The molecule has 1 heterocycles. The van der Waals surface area contributed by atoms with Gasteiger partial charge in [-0.3, -0.25) is 14.3 Å². The topological polar surface area (TPSA) is 122 Å². The van der Waals surface area contributed by atoms with Crippen molar-refractivity contribution in [1.82, 2.24) is 19.4 Å². The van der Waals surface area contributed by atoms with E-state index in [1.165, 1.54) is 17.9 Å². The van der Waals surface area contributed by atoms with Crippen LogP contribution in [0.15, 0.2) is 17.3 Å². The Morgan fingerprint density at radius 3 is 2.67 bits per heavy atom.